The molecule has 1 atom stereocenters. The van der Waals surface area contributed by atoms with E-state index in [-0.39, 0.29) is 17.7 Å². The number of hydrogen-bond acceptors (Lipinski definition) is 3. The van der Waals surface area contributed by atoms with Crippen molar-refractivity contribution in [2.45, 2.75) is 70.8 Å². The van der Waals surface area contributed by atoms with Gasteiger partial charge in [0.05, 0.1) is 5.92 Å². The Morgan fingerprint density at radius 1 is 1.12 bits per heavy atom. The van der Waals surface area contributed by atoms with Crippen LogP contribution in [0, 0.1) is 11.8 Å². The van der Waals surface area contributed by atoms with Gasteiger partial charge in [-0.2, -0.15) is 0 Å². The average molecular weight is 350 g/mol. The van der Waals surface area contributed by atoms with Gasteiger partial charge in [0.25, 0.3) is 0 Å². The lowest BCUT2D eigenvalue weighted by Crippen LogP contribution is -2.40. The number of carbonyl (C=O) groups is 2. The van der Waals surface area contributed by atoms with Crippen LogP contribution < -0.4 is 5.32 Å². The van der Waals surface area contributed by atoms with Gasteiger partial charge in [-0.15, -0.1) is 0 Å². The fourth-order valence-corrected chi connectivity index (χ4v) is 4.60. The summed E-state index contributed by atoms with van der Waals surface area (Å²) in [5.41, 5.74) is 0. The summed E-state index contributed by atoms with van der Waals surface area (Å²) in [5, 5.41) is 3.07. The van der Waals surface area contributed by atoms with Gasteiger partial charge in [-0.1, -0.05) is 26.2 Å². The van der Waals surface area contributed by atoms with Crippen molar-refractivity contribution < 1.29 is 9.59 Å². The van der Waals surface area contributed by atoms with Crippen LogP contribution in [-0.2, 0) is 9.59 Å². The molecule has 0 aromatic rings. The molecule has 3 fully saturated rings. The molecule has 142 valence electrons. The molecule has 0 unspecified atom stereocenters. The standard InChI is InChI=1S/C20H35N3O2/c1-16-8-12-22(13-9-16)11-5-10-21-20(25)17-14-19(24)23(15-17)18-6-3-2-4-7-18/h16-18H,2-15H2,1H3,(H,21,25)/t17-/m1/s1. The number of piperidine rings is 1. The maximum absolute atomic E-state index is 12.4. The second kappa shape index (κ2) is 9.02. The maximum atomic E-state index is 12.4. The molecule has 1 saturated carbocycles. The Morgan fingerprint density at radius 2 is 1.84 bits per heavy atom. The second-order valence-corrected chi connectivity index (χ2v) is 8.41. The van der Waals surface area contributed by atoms with Crippen molar-refractivity contribution in [2.24, 2.45) is 11.8 Å². The van der Waals surface area contributed by atoms with E-state index < -0.39 is 0 Å². The van der Waals surface area contributed by atoms with Crippen molar-refractivity contribution in [1.82, 2.24) is 15.1 Å². The predicted octanol–water partition coefficient (Wildman–Crippen LogP) is 2.41. The maximum Gasteiger partial charge on any atom is 0.225 e. The summed E-state index contributed by atoms with van der Waals surface area (Å²) in [7, 11) is 0. The lowest BCUT2D eigenvalue weighted by atomic mass is 9.94. The first-order valence-electron chi connectivity index (χ1n) is 10.4. The largest absolute Gasteiger partial charge is 0.356 e. The molecule has 0 aromatic carbocycles. The minimum atomic E-state index is -0.134. The van der Waals surface area contributed by atoms with Gasteiger partial charge in [-0.3, -0.25) is 9.59 Å². The van der Waals surface area contributed by atoms with E-state index in [0.29, 0.717) is 19.0 Å². The molecule has 3 aliphatic rings. The molecule has 0 aromatic heterocycles. The third kappa shape index (κ3) is 5.19. The van der Waals surface area contributed by atoms with Crippen molar-refractivity contribution in [3.05, 3.63) is 0 Å². The molecule has 0 bridgehead atoms. The summed E-state index contributed by atoms with van der Waals surface area (Å²) in [5.74, 6) is 1.00. The van der Waals surface area contributed by atoms with Crippen molar-refractivity contribution >= 4 is 11.8 Å². The first kappa shape index (κ1) is 18.7. The molecule has 2 saturated heterocycles. The average Bonchev–Trinajstić information content (AvgIpc) is 3.03. The summed E-state index contributed by atoms with van der Waals surface area (Å²) in [4.78, 5) is 29.2. The number of rotatable bonds is 6. The normalized spacial score (nSPS) is 27.0. The molecule has 5 nitrogen and oxygen atoms in total. The Bertz CT molecular complexity index is 454. The van der Waals surface area contributed by atoms with E-state index in [2.05, 4.69) is 17.1 Å². The van der Waals surface area contributed by atoms with Crippen LogP contribution in [0.15, 0.2) is 0 Å². The zero-order chi connectivity index (χ0) is 17.6. The summed E-state index contributed by atoms with van der Waals surface area (Å²) in [6, 6.07) is 0.389. The molecule has 0 spiro atoms. The Labute approximate surface area is 152 Å². The van der Waals surface area contributed by atoms with Crippen molar-refractivity contribution in [1.29, 1.82) is 0 Å². The Kier molecular flexibility index (Phi) is 6.74. The highest BCUT2D eigenvalue weighted by Gasteiger charge is 2.37. The molecule has 2 heterocycles. The van der Waals surface area contributed by atoms with Gasteiger partial charge in [0, 0.05) is 25.6 Å². The first-order valence-corrected chi connectivity index (χ1v) is 10.4. The monoisotopic (exact) mass is 349 g/mol. The topological polar surface area (TPSA) is 52.7 Å². The van der Waals surface area contributed by atoms with Crippen LogP contribution in [0.2, 0.25) is 0 Å². The quantitative estimate of drug-likeness (QED) is 0.749. The van der Waals surface area contributed by atoms with E-state index in [9.17, 15) is 9.59 Å². The van der Waals surface area contributed by atoms with Crippen molar-refractivity contribution in [3.8, 4) is 0 Å². The Balaban J connectivity index is 1.33. The highest BCUT2D eigenvalue weighted by molar-refractivity contribution is 5.89. The highest BCUT2D eigenvalue weighted by atomic mass is 16.2. The molecular formula is C20H35N3O2. The van der Waals surface area contributed by atoms with E-state index in [1.54, 1.807) is 0 Å². The number of amides is 2. The molecule has 2 amide bonds. The molecule has 1 N–H and O–H groups in total. The Hall–Kier alpha value is -1.10. The Morgan fingerprint density at radius 3 is 2.56 bits per heavy atom. The van der Waals surface area contributed by atoms with Crippen LogP contribution in [0.4, 0.5) is 0 Å². The minimum absolute atomic E-state index is 0.0823. The molecule has 3 rings (SSSR count). The third-order valence-corrected chi connectivity index (χ3v) is 6.37. The van der Waals surface area contributed by atoms with Crippen LogP contribution in [0.5, 0.6) is 0 Å². The van der Waals surface area contributed by atoms with Crippen LogP contribution in [0.25, 0.3) is 0 Å². The predicted molar refractivity (Wildman–Crippen MR) is 99.2 cm³/mol. The summed E-state index contributed by atoms with van der Waals surface area (Å²) in [6.07, 6.45) is 9.99. The van der Waals surface area contributed by atoms with E-state index in [4.69, 9.17) is 0 Å². The van der Waals surface area contributed by atoms with E-state index in [1.165, 1.54) is 45.2 Å². The third-order valence-electron chi connectivity index (χ3n) is 6.37. The van der Waals surface area contributed by atoms with E-state index in [1.807, 2.05) is 4.90 Å². The van der Waals surface area contributed by atoms with Crippen molar-refractivity contribution in [3.63, 3.8) is 0 Å². The lowest BCUT2D eigenvalue weighted by molar-refractivity contribution is -0.130. The van der Waals surface area contributed by atoms with Gasteiger partial charge >= 0.3 is 0 Å². The zero-order valence-corrected chi connectivity index (χ0v) is 15.8. The van der Waals surface area contributed by atoms with Crippen LogP contribution in [0.1, 0.15) is 64.7 Å². The highest BCUT2D eigenvalue weighted by Crippen LogP contribution is 2.28. The van der Waals surface area contributed by atoms with Crippen molar-refractivity contribution in [2.75, 3.05) is 32.7 Å². The van der Waals surface area contributed by atoms with Crippen LogP contribution >= 0.6 is 0 Å². The number of hydrogen-bond donors (Lipinski definition) is 1. The SMILES string of the molecule is CC1CCN(CCCNC(=O)[C@@H]2CC(=O)N(C3CCCCC3)C2)CC1. The van der Waals surface area contributed by atoms with Gasteiger partial charge < -0.3 is 15.1 Å². The molecule has 25 heavy (non-hydrogen) atoms. The molecule has 1 aliphatic carbocycles. The first-order chi connectivity index (χ1) is 12.1. The van der Waals surface area contributed by atoms with E-state index >= 15 is 0 Å². The number of carbonyl (C=O) groups excluding carboxylic acids is 2. The molecule has 5 heteroatoms. The number of likely N-dealkylation sites (tertiary alicyclic amines) is 2. The lowest BCUT2D eigenvalue weighted by Gasteiger charge is -2.31. The molecule has 0 radical (unpaired) electrons. The summed E-state index contributed by atoms with van der Waals surface area (Å²) < 4.78 is 0. The summed E-state index contributed by atoms with van der Waals surface area (Å²) in [6.45, 7) is 7.17. The number of nitrogens with zero attached hydrogens (tertiary/aromatic N) is 2. The van der Waals surface area contributed by atoms with Gasteiger partial charge in [-0.05, 0) is 57.7 Å². The molecular weight excluding hydrogens is 314 g/mol. The van der Waals surface area contributed by atoms with E-state index in [0.717, 1.165) is 38.3 Å². The van der Waals surface area contributed by atoms with Crippen LogP contribution in [0.3, 0.4) is 0 Å². The number of nitrogens with one attached hydrogen (secondary N) is 1. The van der Waals surface area contributed by atoms with Gasteiger partial charge in [-0.25, -0.2) is 0 Å². The smallest absolute Gasteiger partial charge is 0.225 e. The zero-order valence-electron chi connectivity index (χ0n) is 15.8. The van der Waals surface area contributed by atoms with Gasteiger partial charge in [0.1, 0.15) is 0 Å². The second-order valence-electron chi connectivity index (χ2n) is 8.41. The summed E-state index contributed by atoms with van der Waals surface area (Å²) >= 11 is 0. The fraction of sp³-hybridized carbons (Fsp3) is 0.900. The molecule has 2 aliphatic heterocycles. The minimum Gasteiger partial charge on any atom is -0.356 e. The van der Waals surface area contributed by atoms with Gasteiger partial charge in [0.2, 0.25) is 11.8 Å². The van der Waals surface area contributed by atoms with Crippen LogP contribution in [-0.4, -0.2) is 60.4 Å². The fourth-order valence-electron chi connectivity index (χ4n) is 4.60. The van der Waals surface area contributed by atoms with Gasteiger partial charge in [0.15, 0.2) is 0 Å².